The Kier molecular flexibility index (Phi) is 4.26. The molecule has 0 aliphatic rings. The van der Waals surface area contributed by atoms with Crippen LogP contribution in [0.4, 0.5) is 10.2 Å². The fourth-order valence-corrected chi connectivity index (χ4v) is 3.20. The molecule has 0 saturated heterocycles. The summed E-state index contributed by atoms with van der Waals surface area (Å²) in [4.78, 5) is 9.13. The molecular formula is C19H14FN3OS. The highest BCUT2D eigenvalue weighted by atomic mass is 32.1. The standard InChI is InChI=1S/C19H14FN3OS/c20-14-5-3-13(4-6-14)12-21-19-18-16(9-11-25-18)22-17(23-19)8-7-15-2-1-10-24-15/h1-11H,12H2,(H,21,22,23)/b8-7+. The van der Waals surface area contributed by atoms with E-state index in [1.807, 2.05) is 35.7 Å². The molecule has 0 bridgehead atoms. The summed E-state index contributed by atoms with van der Waals surface area (Å²) in [5, 5.41) is 5.31. The molecule has 0 saturated carbocycles. The molecule has 25 heavy (non-hydrogen) atoms. The number of aromatic nitrogens is 2. The number of fused-ring (bicyclic) bond motifs is 1. The maximum absolute atomic E-state index is 13.0. The molecule has 4 nitrogen and oxygen atoms in total. The Labute approximate surface area is 147 Å². The van der Waals surface area contributed by atoms with Crippen LogP contribution in [0.1, 0.15) is 17.1 Å². The second kappa shape index (κ2) is 6.86. The zero-order valence-corrected chi connectivity index (χ0v) is 14.0. The zero-order valence-electron chi connectivity index (χ0n) is 13.1. The van der Waals surface area contributed by atoms with Gasteiger partial charge in [-0.25, -0.2) is 14.4 Å². The van der Waals surface area contributed by atoms with Gasteiger partial charge < -0.3 is 9.73 Å². The third-order valence-electron chi connectivity index (χ3n) is 3.63. The van der Waals surface area contributed by atoms with Gasteiger partial charge in [0.2, 0.25) is 0 Å². The third kappa shape index (κ3) is 3.59. The van der Waals surface area contributed by atoms with Crippen molar-refractivity contribution in [1.82, 2.24) is 9.97 Å². The van der Waals surface area contributed by atoms with Gasteiger partial charge in [0, 0.05) is 6.54 Å². The summed E-state index contributed by atoms with van der Waals surface area (Å²) >= 11 is 1.59. The largest absolute Gasteiger partial charge is 0.465 e. The minimum absolute atomic E-state index is 0.239. The lowest BCUT2D eigenvalue weighted by Crippen LogP contribution is -2.03. The Bertz CT molecular complexity index is 1010. The minimum atomic E-state index is -0.239. The van der Waals surface area contributed by atoms with E-state index in [2.05, 4.69) is 15.3 Å². The van der Waals surface area contributed by atoms with Gasteiger partial charge >= 0.3 is 0 Å². The summed E-state index contributed by atoms with van der Waals surface area (Å²) in [6.07, 6.45) is 5.27. The van der Waals surface area contributed by atoms with E-state index in [1.165, 1.54) is 12.1 Å². The van der Waals surface area contributed by atoms with E-state index in [4.69, 9.17) is 4.42 Å². The Morgan fingerprint density at radius 3 is 2.76 bits per heavy atom. The van der Waals surface area contributed by atoms with Gasteiger partial charge in [0.25, 0.3) is 0 Å². The van der Waals surface area contributed by atoms with Crippen LogP contribution in [0.5, 0.6) is 0 Å². The first kappa shape index (κ1) is 15.5. The van der Waals surface area contributed by atoms with Crippen molar-refractivity contribution in [2.45, 2.75) is 6.54 Å². The highest BCUT2D eigenvalue weighted by molar-refractivity contribution is 7.17. The van der Waals surface area contributed by atoms with Crippen molar-refractivity contribution in [3.8, 4) is 0 Å². The molecular weight excluding hydrogens is 337 g/mol. The summed E-state index contributed by atoms with van der Waals surface area (Å²) in [6, 6.07) is 12.1. The van der Waals surface area contributed by atoms with Gasteiger partial charge in [-0.05, 0) is 53.4 Å². The first-order valence-corrected chi connectivity index (χ1v) is 8.61. The quantitative estimate of drug-likeness (QED) is 0.536. The first-order chi connectivity index (χ1) is 12.3. The van der Waals surface area contributed by atoms with Crippen LogP contribution in [0.3, 0.4) is 0 Å². The lowest BCUT2D eigenvalue weighted by molar-refractivity contribution is 0.557. The Morgan fingerprint density at radius 1 is 1.08 bits per heavy atom. The molecule has 0 radical (unpaired) electrons. The molecule has 0 fully saturated rings. The first-order valence-electron chi connectivity index (χ1n) is 7.73. The van der Waals surface area contributed by atoms with Crippen molar-refractivity contribution >= 4 is 39.5 Å². The topological polar surface area (TPSA) is 51.0 Å². The molecule has 1 aromatic carbocycles. The molecule has 0 unspecified atom stereocenters. The van der Waals surface area contributed by atoms with Crippen LogP contribution < -0.4 is 5.32 Å². The van der Waals surface area contributed by atoms with E-state index >= 15 is 0 Å². The third-order valence-corrected chi connectivity index (χ3v) is 4.54. The van der Waals surface area contributed by atoms with E-state index < -0.39 is 0 Å². The molecule has 0 atom stereocenters. The van der Waals surface area contributed by atoms with Gasteiger partial charge in [0.05, 0.1) is 16.5 Å². The lowest BCUT2D eigenvalue weighted by Gasteiger charge is -2.07. The van der Waals surface area contributed by atoms with E-state index in [0.29, 0.717) is 12.4 Å². The molecule has 0 aliphatic carbocycles. The Hall–Kier alpha value is -2.99. The maximum atomic E-state index is 13.0. The van der Waals surface area contributed by atoms with Crippen LogP contribution >= 0.6 is 11.3 Å². The smallest absolute Gasteiger partial charge is 0.155 e. The fraction of sp³-hybridized carbons (Fsp3) is 0.0526. The number of nitrogens with one attached hydrogen (secondary N) is 1. The summed E-state index contributed by atoms with van der Waals surface area (Å²) in [5.41, 5.74) is 1.87. The second-order valence-corrected chi connectivity index (χ2v) is 6.31. The van der Waals surface area contributed by atoms with Crippen LogP contribution in [0, 0.1) is 5.82 Å². The number of halogens is 1. The van der Waals surface area contributed by atoms with Crippen LogP contribution in [-0.4, -0.2) is 9.97 Å². The average Bonchev–Trinajstić information content (AvgIpc) is 3.30. The fourth-order valence-electron chi connectivity index (χ4n) is 2.41. The van der Waals surface area contributed by atoms with Crippen LogP contribution in [0.2, 0.25) is 0 Å². The Balaban J connectivity index is 1.60. The number of furan rings is 1. The molecule has 6 heteroatoms. The molecule has 3 aromatic heterocycles. The number of hydrogen-bond donors (Lipinski definition) is 1. The van der Waals surface area contributed by atoms with Crippen molar-refractivity contribution in [1.29, 1.82) is 0 Å². The number of hydrogen-bond acceptors (Lipinski definition) is 5. The number of nitrogens with zero attached hydrogens (tertiary/aromatic N) is 2. The zero-order chi connectivity index (χ0) is 17.1. The number of anilines is 1. The maximum Gasteiger partial charge on any atom is 0.155 e. The Morgan fingerprint density at radius 2 is 1.96 bits per heavy atom. The summed E-state index contributed by atoms with van der Waals surface area (Å²) in [5.74, 6) is 1.87. The summed E-state index contributed by atoms with van der Waals surface area (Å²) in [7, 11) is 0. The highest BCUT2D eigenvalue weighted by Gasteiger charge is 2.08. The van der Waals surface area contributed by atoms with Crippen molar-refractivity contribution in [2.24, 2.45) is 0 Å². The van der Waals surface area contributed by atoms with E-state index in [1.54, 1.807) is 29.7 Å². The molecule has 0 spiro atoms. The van der Waals surface area contributed by atoms with Gasteiger partial charge in [0.1, 0.15) is 17.4 Å². The van der Waals surface area contributed by atoms with Gasteiger partial charge in [-0.2, -0.15) is 0 Å². The molecule has 1 N–H and O–H groups in total. The van der Waals surface area contributed by atoms with Gasteiger partial charge in [-0.3, -0.25) is 0 Å². The van der Waals surface area contributed by atoms with Crippen LogP contribution in [0.15, 0.2) is 58.5 Å². The van der Waals surface area contributed by atoms with E-state index in [-0.39, 0.29) is 5.82 Å². The molecule has 124 valence electrons. The number of thiophene rings is 1. The molecule has 0 amide bonds. The van der Waals surface area contributed by atoms with Crippen LogP contribution in [0.25, 0.3) is 22.4 Å². The van der Waals surface area contributed by atoms with Gasteiger partial charge in [-0.1, -0.05) is 12.1 Å². The highest BCUT2D eigenvalue weighted by Crippen LogP contribution is 2.27. The lowest BCUT2D eigenvalue weighted by atomic mass is 10.2. The van der Waals surface area contributed by atoms with E-state index in [9.17, 15) is 4.39 Å². The monoisotopic (exact) mass is 351 g/mol. The molecule has 4 rings (SSSR count). The number of rotatable bonds is 5. The predicted octanol–water partition coefficient (Wildman–Crippen LogP) is 5.21. The van der Waals surface area contributed by atoms with Crippen LogP contribution in [-0.2, 0) is 6.54 Å². The normalized spacial score (nSPS) is 11.4. The minimum Gasteiger partial charge on any atom is -0.465 e. The molecule has 0 aliphatic heterocycles. The SMILES string of the molecule is Fc1ccc(CNc2nc(/C=C/c3ccco3)nc3ccsc23)cc1. The van der Waals surface area contributed by atoms with Gasteiger partial charge in [-0.15, -0.1) is 11.3 Å². The summed E-state index contributed by atoms with van der Waals surface area (Å²) < 4.78 is 19.3. The number of benzene rings is 1. The second-order valence-electron chi connectivity index (χ2n) is 5.39. The van der Waals surface area contributed by atoms with Crippen molar-refractivity contribution in [3.63, 3.8) is 0 Å². The van der Waals surface area contributed by atoms with Crippen molar-refractivity contribution < 1.29 is 8.81 Å². The van der Waals surface area contributed by atoms with E-state index in [0.717, 1.165) is 27.4 Å². The molecule has 3 heterocycles. The van der Waals surface area contributed by atoms with Gasteiger partial charge in [0.15, 0.2) is 5.82 Å². The van der Waals surface area contributed by atoms with Crippen molar-refractivity contribution in [2.75, 3.05) is 5.32 Å². The molecule has 4 aromatic rings. The summed E-state index contributed by atoms with van der Waals surface area (Å²) in [6.45, 7) is 0.561. The average molecular weight is 351 g/mol. The van der Waals surface area contributed by atoms with Crippen molar-refractivity contribution in [3.05, 3.63) is 77.1 Å². The predicted molar refractivity (Wildman–Crippen MR) is 98.8 cm³/mol.